The largest absolute Gasteiger partial charge is 0.466 e. The highest BCUT2D eigenvalue weighted by atomic mass is 16.7. The lowest BCUT2D eigenvalue weighted by atomic mass is 10.2. The average Bonchev–Trinajstić information content (AvgIpc) is 2.90. The third-order valence-corrected chi connectivity index (χ3v) is 6.04. The van der Waals surface area contributed by atoms with Crippen molar-refractivity contribution in [3.05, 3.63) is 24.3 Å². The van der Waals surface area contributed by atoms with Gasteiger partial charge in [0, 0.05) is 26.2 Å². The van der Waals surface area contributed by atoms with E-state index in [9.17, 15) is 4.79 Å². The van der Waals surface area contributed by atoms with E-state index in [2.05, 4.69) is 43.5 Å². The molecule has 0 aliphatic heterocycles. The molecule has 0 radical (unpaired) electrons. The zero-order valence-corrected chi connectivity index (χ0v) is 24.2. The second kappa shape index (κ2) is 31.0. The van der Waals surface area contributed by atoms with Gasteiger partial charge in [0.1, 0.15) is 0 Å². The van der Waals surface area contributed by atoms with Crippen LogP contribution in [0.5, 0.6) is 0 Å². The summed E-state index contributed by atoms with van der Waals surface area (Å²) in [5.41, 5.74) is 0. The predicted octanol–water partition coefficient (Wildman–Crippen LogP) is 7.25. The van der Waals surface area contributed by atoms with Crippen molar-refractivity contribution in [2.45, 2.75) is 129 Å². The summed E-state index contributed by atoms with van der Waals surface area (Å²) in [6, 6.07) is 0. The zero-order valence-electron chi connectivity index (χ0n) is 24.2. The molecule has 2 N–H and O–H groups in total. The summed E-state index contributed by atoms with van der Waals surface area (Å²) in [5, 5.41) is 12.1. The summed E-state index contributed by atoms with van der Waals surface area (Å²) in [5.74, 6) is -0.116. The van der Waals surface area contributed by atoms with Crippen LogP contribution in [-0.4, -0.2) is 56.9 Å². The van der Waals surface area contributed by atoms with E-state index in [1.807, 2.05) is 0 Å². The Hall–Kier alpha value is -1.21. The quantitative estimate of drug-likeness (QED) is 0.0463. The highest BCUT2D eigenvalue weighted by Gasteiger charge is 2.11. The van der Waals surface area contributed by atoms with Gasteiger partial charge in [-0.05, 0) is 103 Å². The highest BCUT2D eigenvalue weighted by molar-refractivity contribution is 5.69. The highest BCUT2D eigenvalue weighted by Crippen LogP contribution is 2.11. The lowest BCUT2D eigenvalue weighted by molar-refractivity contribution is -0.152. The Balaban J connectivity index is 3.93. The van der Waals surface area contributed by atoms with Crippen LogP contribution in [-0.2, 0) is 19.0 Å². The lowest BCUT2D eigenvalue weighted by Crippen LogP contribution is -2.19. The number of ether oxygens (including phenoxy) is 3. The van der Waals surface area contributed by atoms with Crippen molar-refractivity contribution >= 4 is 5.97 Å². The van der Waals surface area contributed by atoms with Gasteiger partial charge in [-0.2, -0.15) is 0 Å². The summed E-state index contributed by atoms with van der Waals surface area (Å²) in [6.45, 7) is 8.49. The molecule has 0 saturated carbocycles. The summed E-state index contributed by atoms with van der Waals surface area (Å²) < 4.78 is 17.5. The number of nitrogens with one attached hydrogen (secondary N) is 1. The van der Waals surface area contributed by atoms with Gasteiger partial charge in [0.15, 0.2) is 6.29 Å². The number of rotatable bonds is 29. The second-order valence-corrected chi connectivity index (χ2v) is 9.63. The fourth-order valence-corrected chi connectivity index (χ4v) is 3.81. The van der Waals surface area contributed by atoms with Crippen LogP contribution in [0, 0.1) is 0 Å². The Morgan fingerprint density at radius 3 is 1.86 bits per heavy atom. The van der Waals surface area contributed by atoms with Crippen LogP contribution in [0.15, 0.2) is 24.3 Å². The first kappa shape index (κ1) is 35.8. The van der Waals surface area contributed by atoms with Crippen LogP contribution in [0.3, 0.4) is 0 Å². The van der Waals surface area contributed by atoms with Crippen molar-refractivity contribution in [1.82, 2.24) is 5.32 Å². The molecule has 0 aliphatic carbocycles. The van der Waals surface area contributed by atoms with Crippen LogP contribution in [0.4, 0.5) is 0 Å². The van der Waals surface area contributed by atoms with Gasteiger partial charge in [-0.25, -0.2) is 0 Å². The van der Waals surface area contributed by atoms with Gasteiger partial charge >= 0.3 is 5.97 Å². The molecule has 0 saturated heterocycles. The molecule has 0 amide bonds. The molecule has 0 spiro atoms. The van der Waals surface area contributed by atoms with Crippen LogP contribution >= 0.6 is 0 Å². The summed E-state index contributed by atoms with van der Waals surface area (Å²) in [7, 11) is 0. The van der Waals surface area contributed by atoms with E-state index in [0.717, 1.165) is 116 Å². The summed E-state index contributed by atoms with van der Waals surface area (Å²) in [4.78, 5) is 12.1. The van der Waals surface area contributed by atoms with Crippen molar-refractivity contribution in [2.24, 2.45) is 0 Å². The first-order valence-corrected chi connectivity index (χ1v) is 15.2. The Morgan fingerprint density at radius 2 is 1.27 bits per heavy atom. The average molecular weight is 526 g/mol. The van der Waals surface area contributed by atoms with Gasteiger partial charge in [-0.3, -0.25) is 4.79 Å². The Bertz CT molecular complexity index is 500. The number of aliphatic hydroxyl groups is 1. The number of hydrogen-bond donors (Lipinski definition) is 2. The Kier molecular flexibility index (Phi) is 30.0. The molecular weight excluding hydrogens is 466 g/mol. The van der Waals surface area contributed by atoms with E-state index in [0.29, 0.717) is 26.2 Å². The van der Waals surface area contributed by atoms with Gasteiger partial charge < -0.3 is 24.6 Å². The van der Waals surface area contributed by atoms with Crippen molar-refractivity contribution < 1.29 is 24.1 Å². The molecule has 218 valence electrons. The van der Waals surface area contributed by atoms with Gasteiger partial charge in [0.05, 0.1) is 6.61 Å². The van der Waals surface area contributed by atoms with E-state index >= 15 is 0 Å². The summed E-state index contributed by atoms with van der Waals surface area (Å²) in [6.07, 6.45) is 25.4. The molecule has 0 bridgehead atoms. The fraction of sp³-hybridized carbons (Fsp3) is 0.839. The van der Waals surface area contributed by atoms with E-state index < -0.39 is 0 Å². The lowest BCUT2D eigenvalue weighted by Gasteiger charge is -2.18. The maximum absolute atomic E-state index is 12.1. The molecule has 0 unspecified atom stereocenters. The molecule has 0 aliphatic rings. The summed E-state index contributed by atoms with van der Waals surface area (Å²) >= 11 is 0. The maximum atomic E-state index is 12.1. The number of unbranched alkanes of at least 4 members (excludes halogenated alkanes) is 8. The number of hydrogen-bond acceptors (Lipinski definition) is 6. The van der Waals surface area contributed by atoms with Crippen LogP contribution in [0.2, 0.25) is 0 Å². The van der Waals surface area contributed by atoms with Crippen molar-refractivity contribution in [3.63, 3.8) is 0 Å². The topological polar surface area (TPSA) is 77.0 Å². The number of carbonyl (C=O) groups excluding carboxylic acids is 1. The minimum Gasteiger partial charge on any atom is -0.466 e. The zero-order chi connectivity index (χ0) is 27.1. The van der Waals surface area contributed by atoms with Crippen LogP contribution in [0.1, 0.15) is 123 Å². The standard InChI is InChI=1S/C31H59NO5/c1-3-5-7-9-12-19-28-36-31(37-29-20-13-10-8-6-4-2)23-21-22-30(34)35-27-18-14-11-15-24-32-25-16-17-26-33/h5-8,31-33H,3-4,9-29H2,1-2H3/b7-5-,8-6-. The first-order chi connectivity index (χ1) is 18.2. The predicted molar refractivity (Wildman–Crippen MR) is 155 cm³/mol. The molecule has 0 aromatic rings. The molecule has 0 aromatic heterocycles. The number of aliphatic hydroxyl groups excluding tert-OH is 1. The fourth-order valence-electron chi connectivity index (χ4n) is 3.81. The third-order valence-electron chi connectivity index (χ3n) is 6.04. The van der Waals surface area contributed by atoms with Gasteiger partial charge in [0.2, 0.25) is 0 Å². The van der Waals surface area contributed by atoms with Crippen molar-refractivity contribution in [3.8, 4) is 0 Å². The molecule has 6 heteroatoms. The van der Waals surface area contributed by atoms with Crippen LogP contribution < -0.4 is 5.32 Å². The van der Waals surface area contributed by atoms with Gasteiger partial charge in [0.25, 0.3) is 0 Å². The maximum Gasteiger partial charge on any atom is 0.305 e. The number of allylic oxidation sites excluding steroid dienone is 4. The number of esters is 1. The Morgan fingerprint density at radius 1 is 0.703 bits per heavy atom. The van der Waals surface area contributed by atoms with Crippen molar-refractivity contribution in [2.75, 3.05) is 39.5 Å². The van der Waals surface area contributed by atoms with Crippen molar-refractivity contribution in [1.29, 1.82) is 0 Å². The van der Waals surface area contributed by atoms with Gasteiger partial charge in [-0.15, -0.1) is 0 Å². The number of carbonyl (C=O) groups is 1. The molecule has 0 atom stereocenters. The molecule has 0 aromatic carbocycles. The molecule has 6 nitrogen and oxygen atoms in total. The third kappa shape index (κ3) is 29.2. The van der Waals surface area contributed by atoms with E-state index in [1.165, 1.54) is 0 Å². The smallest absolute Gasteiger partial charge is 0.305 e. The molecule has 0 heterocycles. The van der Waals surface area contributed by atoms with E-state index in [1.54, 1.807) is 0 Å². The Labute approximate surface area is 228 Å². The minimum atomic E-state index is -0.234. The second-order valence-electron chi connectivity index (χ2n) is 9.63. The minimum absolute atomic E-state index is 0.116. The normalized spacial score (nSPS) is 11.9. The van der Waals surface area contributed by atoms with Crippen LogP contribution in [0.25, 0.3) is 0 Å². The molecule has 0 rings (SSSR count). The SMILES string of the molecule is CC/C=C\CCCCOC(CCCC(=O)OCCCCCCNCCCCO)OCCCC/C=C\CC. The molecular formula is C31H59NO5. The molecule has 37 heavy (non-hydrogen) atoms. The first-order valence-electron chi connectivity index (χ1n) is 15.2. The molecule has 0 fully saturated rings. The monoisotopic (exact) mass is 525 g/mol. The van der Waals surface area contributed by atoms with E-state index in [4.69, 9.17) is 19.3 Å². The van der Waals surface area contributed by atoms with E-state index in [-0.39, 0.29) is 18.9 Å². The van der Waals surface area contributed by atoms with Gasteiger partial charge in [-0.1, -0.05) is 51.0 Å².